The Balaban J connectivity index is 2.02. The summed E-state index contributed by atoms with van der Waals surface area (Å²) in [5.74, 6) is 0.529. The van der Waals surface area contributed by atoms with Crippen LogP contribution in [0.25, 0.3) is 0 Å². The molecule has 1 N–H and O–H groups in total. The third kappa shape index (κ3) is 4.59. The van der Waals surface area contributed by atoms with Gasteiger partial charge < -0.3 is 15.0 Å². The highest BCUT2D eigenvalue weighted by atomic mass is 16.5. The van der Waals surface area contributed by atoms with Gasteiger partial charge in [0.05, 0.1) is 7.11 Å². The lowest BCUT2D eigenvalue weighted by Gasteiger charge is -2.18. The summed E-state index contributed by atoms with van der Waals surface area (Å²) in [6.07, 6.45) is 0. The van der Waals surface area contributed by atoms with Gasteiger partial charge in [-0.05, 0) is 44.2 Å². The molecular formula is C20H24N2O3. The summed E-state index contributed by atoms with van der Waals surface area (Å²) in [5, 5.41) is 2.87. The van der Waals surface area contributed by atoms with Crippen molar-refractivity contribution in [3.63, 3.8) is 0 Å². The summed E-state index contributed by atoms with van der Waals surface area (Å²) in [6.45, 7) is 5.60. The molecule has 5 nitrogen and oxygen atoms in total. The van der Waals surface area contributed by atoms with Crippen molar-refractivity contribution < 1.29 is 14.3 Å². The normalized spacial score (nSPS) is 10.2. The Morgan fingerprint density at radius 2 is 1.56 bits per heavy atom. The highest BCUT2D eigenvalue weighted by Gasteiger charge is 2.13. The van der Waals surface area contributed by atoms with E-state index < -0.39 is 0 Å². The quantitative estimate of drug-likeness (QED) is 0.842. The molecule has 0 fully saturated rings. The van der Waals surface area contributed by atoms with E-state index in [0.717, 1.165) is 11.3 Å². The third-order valence-corrected chi connectivity index (χ3v) is 4.08. The molecule has 0 aliphatic heterocycles. The molecule has 0 unspecified atom stereocenters. The predicted molar refractivity (Wildman–Crippen MR) is 97.9 cm³/mol. The van der Waals surface area contributed by atoms with Crippen LogP contribution < -0.4 is 10.1 Å². The minimum atomic E-state index is -0.187. The van der Waals surface area contributed by atoms with Crippen molar-refractivity contribution in [3.8, 4) is 5.75 Å². The lowest BCUT2D eigenvalue weighted by Crippen LogP contribution is -2.30. The van der Waals surface area contributed by atoms with Crippen LogP contribution in [-0.2, 0) is 6.54 Å². The van der Waals surface area contributed by atoms with Crippen molar-refractivity contribution in [2.24, 2.45) is 0 Å². The number of hydrogen-bond acceptors (Lipinski definition) is 3. The Bertz CT molecular complexity index is 722. The number of methoxy groups -OCH3 is 1. The van der Waals surface area contributed by atoms with E-state index >= 15 is 0 Å². The van der Waals surface area contributed by atoms with Crippen LogP contribution in [0, 0.1) is 0 Å². The smallest absolute Gasteiger partial charge is 0.253 e. The first-order chi connectivity index (χ1) is 12.1. The Kier molecular flexibility index (Phi) is 6.57. The van der Waals surface area contributed by atoms with E-state index in [1.54, 1.807) is 36.3 Å². The molecule has 0 radical (unpaired) electrons. The van der Waals surface area contributed by atoms with Gasteiger partial charge in [-0.3, -0.25) is 9.59 Å². The molecule has 132 valence electrons. The summed E-state index contributed by atoms with van der Waals surface area (Å²) in [7, 11) is 1.60. The Labute approximate surface area is 148 Å². The third-order valence-electron chi connectivity index (χ3n) is 4.08. The van der Waals surface area contributed by atoms with Gasteiger partial charge in [-0.1, -0.05) is 18.2 Å². The van der Waals surface area contributed by atoms with Crippen molar-refractivity contribution >= 4 is 11.8 Å². The van der Waals surface area contributed by atoms with Crippen molar-refractivity contribution in [1.29, 1.82) is 0 Å². The van der Waals surface area contributed by atoms with Crippen molar-refractivity contribution in [1.82, 2.24) is 10.2 Å². The standard InChI is InChI=1S/C20H24N2O3/c1-4-22(5-2)20(24)16-12-10-15(11-13-16)19(23)21-14-17-8-6-7-9-18(17)25-3/h6-13H,4-5,14H2,1-3H3,(H,21,23). The number of para-hydroxylation sites is 1. The fourth-order valence-corrected chi connectivity index (χ4v) is 2.58. The van der Waals surface area contributed by atoms with Gasteiger partial charge in [0, 0.05) is 36.3 Å². The lowest BCUT2D eigenvalue weighted by atomic mass is 10.1. The molecular weight excluding hydrogens is 316 g/mol. The summed E-state index contributed by atoms with van der Waals surface area (Å²) < 4.78 is 5.28. The van der Waals surface area contributed by atoms with E-state index in [1.807, 2.05) is 38.1 Å². The average molecular weight is 340 g/mol. The average Bonchev–Trinajstić information content (AvgIpc) is 2.67. The fraction of sp³-hybridized carbons (Fsp3) is 0.300. The van der Waals surface area contributed by atoms with Crippen LogP contribution >= 0.6 is 0 Å². The molecule has 0 aliphatic carbocycles. The molecule has 2 aromatic rings. The molecule has 0 saturated carbocycles. The number of carbonyl (C=O) groups excluding carboxylic acids is 2. The van der Waals surface area contributed by atoms with Gasteiger partial charge in [-0.25, -0.2) is 0 Å². The number of hydrogen-bond donors (Lipinski definition) is 1. The van der Waals surface area contributed by atoms with Gasteiger partial charge in [0.15, 0.2) is 0 Å². The van der Waals surface area contributed by atoms with E-state index in [1.165, 1.54) is 0 Å². The molecule has 0 saturated heterocycles. The first-order valence-corrected chi connectivity index (χ1v) is 8.40. The van der Waals surface area contributed by atoms with Gasteiger partial charge in [0.2, 0.25) is 0 Å². The molecule has 0 atom stereocenters. The lowest BCUT2D eigenvalue weighted by molar-refractivity contribution is 0.0772. The minimum Gasteiger partial charge on any atom is -0.496 e. The second kappa shape index (κ2) is 8.87. The summed E-state index contributed by atoms with van der Waals surface area (Å²) in [5.41, 5.74) is 2.02. The van der Waals surface area contributed by atoms with Crippen LogP contribution in [0.5, 0.6) is 5.75 Å². The first kappa shape index (κ1) is 18.5. The second-order valence-electron chi connectivity index (χ2n) is 5.55. The van der Waals surface area contributed by atoms with Gasteiger partial charge in [-0.15, -0.1) is 0 Å². The fourth-order valence-electron chi connectivity index (χ4n) is 2.58. The number of nitrogens with one attached hydrogen (secondary N) is 1. The van der Waals surface area contributed by atoms with Crippen molar-refractivity contribution in [3.05, 3.63) is 65.2 Å². The number of rotatable bonds is 7. The monoisotopic (exact) mass is 340 g/mol. The van der Waals surface area contributed by atoms with Crippen LogP contribution in [0.4, 0.5) is 0 Å². The first-order valence-electron chi connectivity index (χ1n) is 8.40. The Morgan fingerprint density at radius 1 is 0.960 bits per heavy atom. The number of amides is 2. The molecule has 2 aromatic carbocycles. The Morgan fingerprint density at radius 3 is 2.16 bits per heavy atom. The van der Waals surface area contributed by atoms with E-state index in [2.05, 4.69) is 5.32 Å². The number of ether oxygens (including phenoxy) is 1. The zero-order valence-corrected chi connectivity index (χ0v) is 14.9. The molecule has 5 heteroatoms. The van der Waals surface area contributed by atoms with E-state index in [9.17, 15) is 9.59 Å². The van der Waals surface area contributed by atoms with Crippen molar-refractivity contribution in [2.75, 3.05) is 20.2 Å². The number of carbonyl (C=O) groups is 2. The van der Waals surface area contributed by atoms with E-state index in [0.29, 0.717) is 30.8 Å². The number of nitrogens with zero attached hydrogens (tertiary/aromatic N) is 1. The summed E-state index contributed by atoms with van der Waals surface area (Å²) >= 11 is 0. The Hall–Kier alpha value is -2.82. The second-order valence-corrected chi connectivity index (χ2v) is 5.55. The molecule has 0 heterocycles. The van der Waals surface area contributed by atoms with Gasteiger partial charge >= 0.3 is 0 Å². The maximum Gasteiger partial charge on any atom is 0.253 e. The molecule has 25 heavy (non-hydrogen) atoms. The topological polar surface area (TPSA) is 58.6 Å². The van der Waals surface area contributed by atoms with E-state index in [4.69, 9.17) is 4.74 Å². The zero-order chi connectivity index (χ0) is 18.2. The highest BCUT2D eigenvalue weighted by molar-refractivity contribution is 5.97. The van der Waals surface area contributed by atoms with Gasteiger partial charge in [0.1, 0.15) is 5.75 Å². The van der Waals surface area contributed by atoms with Gasteiger partial charge in [-0.2, -0.15) is 0 Å². The molecule has 2 rings (SSSR count). The minimum absolute atomic E-state index is 0.0222. The molecule has 0 spiro atoms. The van der Waals surface area contributed by atoms with E-state index in [-0.39, 0.29) is 11.8 Å². The molecule has 0 aliphatic rings. The molecule has 2 amide bonds. The molecule has 0 aromatic heterocycles. The van der Waals surface area contributed by atoms with Crippen LogP contribution in [0.2, 0.25) is 0 Å². The maximum absolute atomic E-state index is 12.3. The zero-order valence-electron chi connectivity index (χ0n) is 14.9. The van der Waals surface area contributed by atoms with Crippen LogP contribution in [-0.4, -0.2) is 36.9 Å². The SMILES string of the molecule is CCN(CC)C(=O)c1ccc(C(=O)NCc2ccccc2OC)cc1. The van der Waals surface area contributed by atoms with Crippen LogP contribution in [0.1, 0.15) is 40.1 Å². The van der Waals surface area contributed by atoms with Crippen LogP contribution in [0.3, 0.4) is 0 Å². The van der Waals surface area contributed by atoms with Crippen molar-refractivity contribution in [2.45, 2.75) is 20.4 Å². The predicted octanol–water partition coefficient (Wildman–Crippen LogP) is 3.11. The molecule has 0 bridgehead atoms. The van der Waals surface area contributed by atoms with Gasteiger partial charge in [0.25, 0.3) is 11.8 Å². The summed E-state index contributed by atoms with van der Waals surface area (Å²) in [4.78, 5) is 26.3. The maximum atomic E-state index is 12.3. The summed E-state index contributed by atoms with van der Waals surface area (Å²) in [6, 6.07) is 14.3. The largest absolute Gasteiger partial charge is 0.496 e. The van der Waals surface area contributed by atoms with Crippen LogP contribution in [0.15, 0.2) is 48.5 Å². The highest BCUT2D eigenvalue weighted by Crippen LogP contribution is 2.17. The number of benzene rings is 2.